The zero-order chi connectivity index (χ0) is 10.8. The maximum absolute atomic E-state index is 5.53. The second kappa shape index (κ2) is 3.96. The first kappa shape index (κ1) is 11.0. The van der Waals surface area contributed by atoms with Crippen LogP contribution in [0.1, 0.15) is 20.8 Å². The zero-order valence-corrected chi connectivity index (χ0v) is 9.60. The molecule has 1 heterocycles. The van der Waals surface area contributed by atoms with Crippen LogP contribution in [0.25, 0.3) is 0 Å². The van der Waals surface area contributed by atoms with Gasteiger partial charge in [0.25, 0.3) is 0 Å². The molecule has 14 heavy (non-hydrogen) atoms. The first-order valence-electron chi connectivity index (χ1n) is 4.46. The summed E-state index contributed by atoms with van der Waals surface area (Å²) in [6.07, 6.45) is 1.78. The summed E-state index contributed by atoms with van der Waals surface area (Å²) >= 11 is 5.09. The van der Waals surface area contributed by atoms with E-state index in [0.29, 0.717) is 10.4 Å². The molecule has 0 spiro atoms. The number of nitrogens with zero attached hydrogens (tertiary/aromatic N) is 1. The van der Waals surface area contributed by atoms with Crippen molar-refractivity contribution in [3.05, 3.63) is 41.4 Å². The Morgan fingerprint density at radius 2 is 2.07 bits per heavy atom. The smallest absolute Gasteiger partial charge is 0.143 e. The number of rotatable bonds is 2. The van der Waals surface area contributed by atoms with Crippen LogP contribution >= 0.6 is 12.2 Å². The molecular weight excluding hydrogens is 194 g/mol. The van der Waals surface area contributed by atoms with Gasteiger partial charge in [0.2, 0.25) is 0 Å². The zero-order valence-electron chi connectivity index (χ0n) is 8.78. The van der Waals surface area contributed by atoms with Crippen molar-refractivity contribution in [2.75, 3.05) is 0 Å². The molecule has 0 atom stereocenters. The highest BCUT2D eigenvalue weighted by Crippen LogP contribution is 2.22. The monoisotopic (exact) mass is 209 g/mol. The fraction of sp³-hybridized carbons (Fsp3) is 0.364. The molecule has 76 valence electrons. The highest BCUT2D eigenvalue weighted by Gasteiger charge is 2.17. The lowest BCUT2D eigenvalue weighted by Gasteiger charge is -2.22. The van der Waals surface area contributed by atoms with Gasteiger partial charge in [0, 0.05) is 11.6 Å². The molecule has 0 unspecified atom stereocenters. The van der Waals surface area contributed by atoms with Crippen LogP contribution in [0.4, 0.5) is 0 Å². The van der Waals surface area contributed by atoms with E-state index in [2.05, 4.69) is 6.58 Å². The lowest BCUT2D eigenvalue weighted by Crippen LogP contribution is -2.21. The summed E-state index contributed by atoms with van der Waals surface area (Å²) in [4.78, 5) is 5.53. The molecule has 0 radical (unpaired) electrons. The van der Waals surface area contributed by atoms with E-state index in [-0.39, 0.29) is 5.41 Å². The van der Waals surface area contributed by atoms with Gasteiger partial charge in [-0.25, -0.2) is 0 Å². The van der Waals surface area contributed by atoms with E-state index in [1.165, 1.54) is 0 Å². The molecule has 1 aromatic heterocycles. The largest absolute Gasteiger partial charge is 0.379 e. The first-order chi connectivity index (χ1) is 6.41. The van der Waals surface area contributed by atoms with Crippen molar-refractivity contribution in [2.24, 2.45) is 5.41 Å². The highest BCUT2D eigenvalue weighted by atomic mass is 32.1. The van der Waals surface area contributed by atoms with Crippen molar-refractivity contribution in [3.8, 4) is 0 Å². The van der Waals surface area contributed by atoms with Crippen molar-refractivity contribution in [1.29, 1.82) is 0 Å². The third-order valence-electron chi connectivity index (χ3n) is 1.83. The summed E-state index contributed by atoms with van der Waals surface area (Å²) in [5.74, 6) is 0.694. The molecule has 0 aliphatic rings. The topological polar surface area (TPSA) is 14.2 Å². The quantitative estimate of drug-likeness (QED) is 0.548. The Kier molecular flexibility index (Phi) is 3.11. The molecule has 0 aliphatic heterocycles. The molecular formula is C11H15NOS. The maximum Gasteiger partial charge on any atom is 0.143 e. The third-order valence-corrected chi connectivity index (χ3v) is 2.15. The highest BCUT2D eigenvalue weighted by molar-refractivity contribution is 7.71. The van der Waals surface area contributed by atoms with E-state index in [4.69, 9.17) is 17.1 Å². The van der Waals surface area contributed by atoms with Crippen LogP contribution in [0, 0.1) is 10.1 Å². The van der Waals surface area contributed by atoms with Crippen molar-refractivity contribution in [2.45, 2.75) is 20.8 Å². The van der Waals surface area contributed by atoms with E-state index in [1.54, 1.807) is 10.9 Å². The Labute approximate surface area is 89.8 Å². The Morgan fingerprint density at radius 3 is 2.57 bits per heavy atom. The fourth-order valence-corrected chi connectivity index (χ4v) is 0.920. The molecule has 0 saturated carbocycles. The molecule has 0 N–H and O–H groups in total. The van der Waals surface area contributed by atoms with Crippen LogP contribution < -0.4 is 4.84 Å². The summed E-state index contributed by atoms with van der Waals surface area (Å²) in [6, 6.07) is 5.55. The molecule has 0 aliphatic carbocycles. The Bertz CT molecular complexity index is 387. The summed E-state index contributed by atoms with van der Waals surface area (Å²) in [6.45, 7) is 10.0. The molecule has 0 amide bonds. The summed E-state index contributed by atoms with van der Waals surface area (Å²) in [7, 11) is 0. The summed E-state index contributed by atoms with van der Waals surface area (Å²) in [5.41, 5.74) is -0.0788. The average molecular weight is 209 g/mol. The Morgan fingerprint density at radius 1 is 1.43 bits per heavy atom. The van der Waals surface area contributed by atoms with Crippen molar-refractivity contribution >= 4 is 12.2 Å². The lowest BCUT2D eigenvalue weighted by molar-refractivity contribution is 0.126. The van der Waals surface area contributed by atoms with Crippen molar-refractivity contribution in [3.63, 3.8) is 0 Å². The summed E-state index contributed by atoms with van der Waals surface area (Å²) in [5, 5.41) is 0. The van der Waals surface area contributed by atoms with Gasteiger partial charge in [-0.1, -0.05) is 45.6 Å². The Hall–Kier alpha value is -1.09. The van der Waals surface area contributed by atoms with Crippen LogP contribution in [0.2, 0.25) is 0 Å². The number of allylic oxidation sites excluding steroid dienone is 1. The molecule has 1 rings (SSSR count). The van der Waals surface area contributed by atoms with Gasteiger partial charge in [-0.05, 0) is 12.1 Å². The van der Waals surface area contributed by atoms with Gasteiger partial charge in [-0.2, -0.15) is 4.73 Å². The van der Waals surface area contributed by atoms with Crippen LogP contribution in [0.5, 0.6) is 0 Å². The molecule has 0 saturated heterocycles. The second-order valence-corrected chi connectivity index (χ2v) is 4.55. The van der Waals surface area contributed by atoms with Crippen molar-refractivity contribution in [1.82, 2.24) is 4.73 Å². The molecule has 0 aromatic carbocycles. The summed E-state index contributed by atoms with van der Waals surface area (Å²) < 4.78 is 2.18. The lowest BCUT2D eigenvalue weighted by atomic mass is 9.95. The molecule has 2 nitrogen and oxygen atoms in total. The van der Waals surface area contributed by atoms with E-state index < -0.39 is 0 Å². The van der Waals surface area contributed by atoms with E-state index in [1.807, 2.05) is 39.0 Å². The molecule has 3 heteroatoms. The number of hydrogen-bond donors (Lipinski definition) is 0. The van der Waals surface area contributed by atoms with Gasteiger partial charge >= 0.3 is 0 Å². The molecule has 1 aromatic rings. The second-order valence-electron chi connectivity index (χ2n) is 4.13. The minimum absolute atomic E-state index is 0.0788. The van der Waals surface area contributed by atoms with Crippen LogP contribution in [-0.2, 0) is 0 Å². The van der Waals surface area contributed by atoms with Gasteiger partial charge < -0.3 is 4.84 Å². The predicted molar refractivity (Wildman–Crippen MR) is 60.4 cm³/mol. The molecule has 0 bridgehead atoms. The van der Waals surface area contributed by atoms with Gasteiger partial charge in [0.05, 0.1) is 0 Å². The number of hydrogen-bond acceptors (Lipinski definition) is 2. The van der Waals surface area contributed by atoms with Gasteiger partial charge in [0.15, 0.2) is 0 Å². The minimum atomic E-state index is -0.0788. The average Bonchev–Trinajstić information content (AvgIpc) is 2.07. The van der Waals surface area contributed by atoms with E-state index in [0.717, 1.165) is 0 Å². The predicted octanol–water partition coefficient (Wildman–Crippen LogP) is 3.21. The van der Waals surface area contributed by atoms with Gasteiger partial charge in [-0.3, -0.25) is 0 Å². The SMILES string of the molecule is C=C(On1ccccc1=S)C(C)(C)C. The van der Waals surface area contributed by atoms with Crippen molar-refractivity contribution < 1.29 is 4.84 Å². The maximum atomic E-state index is 5.53. The van der Waals surface area contributed by atoms with Crippen LogP contribution in [0.3, 0.4) is 0 Å². The first-order valence-corrected chi connectivity index (χ1v) is 4.87. The number of pyridine rings is 1. The minimum Gasteiger partial charge on any atom is -0.379 e. The fourth-order valence-electron chi connectivity index (χ4n) is 0.744. The van der Waals surface area contributed by atoms with Crippen LogP contribution in [-0.4, -0.2) is 4.73 Å². The van der Waals surface area contributed by atoms with E-state index >= 15 is 0 Å². The number of aromatic nitrogens is 1. The third kappa shape index (κ3) is 2.70. The molecule has 0 fully saturated rings. The van der Waals surface area contributed by atoms with E-state index in [9.17, 15) is 0 Å². The van der Waals surface area contributed by atoms with Gasteiger partial charge in [-0.15, -0.1) is 0 Å². The van der Waals surface area contributed by atoms with Gasteiger partial charge in [0.1, 0.15) is 10.4 Å². The normalized spacial score (nSPS) is 11.1. The van der Waals surface area contributed by atoms with Crippen LogP contribution in [0.15, 0.2) is 36.7 Å². The Balaban J connectivity index is 2.86. The standard InChI is InChI=1S/C11H15NOS/c1-9(11(2,3)4)13-12-8-6-5-7-10(12)14/h5-8H,1H2,2-4H3.